The third-order valence-electron chi connectivity index (χ3n) is 2.31. The molecule has 0 saturated carbocycles. The molecule has 0 saturated heterocycles. The van der Waals surface area contributed by atoms with E-state index in [2.05, 4.69) is 10.3 Å². The summed E-state index contributed by atoms with van der Waals surface area (Å²) in [6, 6.07) is 10.5. The minimum absolute atomic E-state index is 0.213. The quantitative estimate of drug-likeness (QED) is 0.773. The lowest BCUT2D eigenvalue weighted by Gasteiger charge is -2.05. The molecular formula is C13H13N3O. The summed E-state index contributed by atoms with van der Waals surface area (Å²) < 4.78 is 0. The smallest absolute Gasteiger partial charge is 0.256 e. The molecule has 0 bridgehead atoms. The first-order valence-corrected chi connectivity index (χ1v) is 5.25. The Morgan fingerprint density at radius 2 is 2.12 bits per heavy atom. The summed E-state index contributed by atoms with van der Waals surface area (Å²) in [4.78, 5) is 15.9. The summed E-state index contributed by atoms with van der Waals surface area (Å²) in [5, 5.41) is 2.72. The van der Waals surface area contributed by atoms with Crippen molar-refractivity contribution < 1.29 is 4.79 Å². The number of nitrogens with zero attached hydrogens (tertiary/aromatic N) is 1. The number of benzene rings is 1. The van der Waals surface area contributed by atoms with Crippen LogP contribution in [0, 0.1) is 6.92 Å². The minimum atomic E-state index is -0.213. The van der Waals surface area contributed by atoms with Crippen LogP contribution in [0.25, 0.3) is 0 Å². The molecule has 0 atom stereocenters. The molecule has 1 heterocycles. The lowest BCUT2D eigenvalue weighted by molar-refractivity contribution is 0.102. The Morgan fingerprint density at radius 3 is 2.82 bits per heavy atom. The number of anilines is 2. The maximum Gasteiger partial charge on any atom is 0.256 e. The zero-order chi connectivity index (χ0) is 12.3. The number of nitrogen functional groups attached to an aromatic ring is 1. The van der Waals surface area contributed by atoms with E-state index in [1.54, 1.807) is 30.5 Å². The number of carbonyl (C=O) groups is 1. The van der Waals surface area contributed by atoms with E-state index in [4.69, 9.17) is 5.73 Å². The maximum atomic E-state index is 11.9. The molecule has 0 unspecified atom stereocenters. The summed E-state index contributed by atoms with van der Waals surface area (Å²) in [6.07, 6.45) is 1.66. The number of nitrogens with two attached hydrogens (primary N) is 1. The predicted octanol–water partition coefficient (Wildman–Crippen LogP) is 2.22. The second kappa shape index (κ2) is 4.65. The van der Waals surface area contributed by atoms with E-state index in [0.29, 0.717) is 17.1 Å². The van der Waals surface area contributed by atoms with Gasteiger partial charge in [-0.2, -0.15) is 0 Å². The number of pyridine rings is 1. The predicted molar refractivity (Wildman–Crippen MR) is 67.8 cm³/mol. The molecule has 0 aliphatic heterocycles. The molecular weight excluding hydrogens is 214 g/mol. The van der Waals surface area contributed by atoms with Gasteiger partial charge in [0.1, 0.15) is 5.82 Å². The van der Waals surface area contributed by atoms with Crippen LogP contribution in [-0.4, -0.2) is 10.9 Å². The SMILES string of the molecule is Cc1ccnc(NC(=O)c2cccc(N)c2)c1. The molecule has 17 heavy (non-hydrogen) atoms. The fourth-order valence-electron chi connectivity index (χ4n) is 1.47. The van der Waals surface area contributed by atoms with Crippen molar-refractivity contribution in [1.29, 1.82) is 0 Å². The molecule has 2 aromatic rings. The number of hydrogen-bond acceptors (Lipinski definition) is 3. The Bertz CT molecular complexity index is 552. The van der Waals surface area contributed by atoms with Gasteiger partial charge < -0.3 is 11.1 Å². The van der Waals surface area contributed by atoms with Crippen molar-refractivity contribution in [3.05, 3.63) is 53.7 Å². The first-order chi connectivity index (χ1) is 8.15. The van der Waals surface area contributed by atoms with Gasteiger partial charge in [0.05, 0.1) is 0 Å². The van der Waals surface area contributed by atoms with Crippen molar-refractivity contribution in [2.75, 3.05) is 11.1 Å². The van der Waals surface area contributed by atoms with Gasteiger partial charge in [0.15, 0.2) is 0 Å². The normalized spacial score (nSPS) is 9.94. The first-order valence-electron chi connectivity index (χ1n) is 5.25. The Hall–Kier alpha value is -2.36. The van der Waals surface area contributed by atoms with Gasteiger partial charge in [-0.3, -0.25) is 4.79 Å². The third-order valence-corrected chi connectivity index (χ3v) is 2.31. The van der Waals surface area contributed by atoms with Crippen molar-refractivity contribution in [3.63, 3.8) is 0 Å². The molecule has 1 amide bonds. The first kappa shape index (κ1) is 11.1. The summed E-state index contributed by atoms with van der Waals surface area (Å²) in [6.45, 7) is 1.94. The van der Waals surface area contributed by atoms with Gasteiger partial charge >= 0.3 is 0 Å². The van der Waals surface area contributed by atoms with Gasteiger partial charge in [-0.05, 0) is 42.8 Å². The average molecular weight is 227 g/mol. The molecule has 2 rings (SSSR count). The molecule has 4 heteroatoms. The molecule has 1 aromatic carbocycles. The molecule has 0 radical (unpaired) electrons. The standard InChI is InChI=1S/C13H13N3O/c1-9-5-6-15-12(7-9)16-13(17)10-3-2-4-11(14)8-10/h2-8H,14H2,1H3,(H,15,16,17). The van der Waals surface area contributed by atoms with E-state index in [9.17, 15) is 4.79 Å². The van der Waals surface area contributed by atoms with Crippen molar-refractivity contribution in [1.82, 2.24) is 4.98 Å². The largest absolute Gasteiger partial charge is 0.399 e. The molecule has 3 N–H and O–H groups in total. The van der Waals surface area contributed by atoms with Crippen LogP contribution in [0.3, 0.4) is 0 Å². The summed E-state index contributed by atoms with van der Waals surface area (Å²) in [7, 11) is 0. The molecule has 0 fully saturated rings. The average Bonchev–Trinajstić information content (AvgIpc) is 2.29. The van der Waals surface area contributed by atoms with Crippen LogP contribution in [0.1, 0.15) is 15.9 Å². The number of nitrogens with one attached hydrogen (secondary N) is 1. The van der Waals surface area contributed by atoms with Crippen LogP contribution in [0.2, 0.25) is 0 Å². The number of aromatic nitrogens is 1. The van der Waals surface area contributed by atoms with Gasteiger partial charge in [-0.25, -0.2) is 4.98 Å². The maximum absolute atomic E-state index is 11.9. The van der Waals surface area contributed by atoms with E-state index in [-0.39, 0.29) is 5.91 Å². The second-order valence-corrected chi connectivity index (χ2v) is 3.80. The highest BCUT2D eigenvalue weighted by atomic mass is 16.1. The summed E-state index contributed by atoms with van der Waals surface area (Å²) >= 11 is 0. The number of carbonyl (C=O) groups excluding carboxylic acids is 1. The number of amides is 1. The van der Waals surface area contributed by atoms with E-state index in [0.717, 1.165) is 5.56 Å². The van der Waals surface area contributed by atoms with Crippen LogP contribution in [-0.2, 0) is 0 Å². The van der Waals surface area contributed by atoms with Gasteiger partial charge in [0.2, 0.25) is 0 Å². The van der Waals surface area contributed by atoms with Crippen molar-refractivity contribution >= 4 is 17.4 Å². The van der Waals surface area contributed by atoms with Crippen LogP contribution in [0.4, 0.5) is 11.5 Å². The number of hydrogen-bond donors (Lipinski definition) is 2. The highest BCUT2D eigenvalue weighted by Crippen LogP contribution is 2.10. The molecule has 0 aliphatic carbocycles. The molecule has 1 aromatic heterocycles. The zero-order valence-electron chi connectivity index (χ0n) is 9.47. The number of rotatable bonds is 2. The molecule has 0 aliphatic rings. The second-order valence-electron chi connectivity index (χ2n) is 3.80. The van der Waals surface area contributed by atoms with Crippen LogP contribution < -0.4 is 11.1 Å². The van der Waals surface area contributed by atoms with Gasteiger partial charge in [0.25, 0.3) is 5.91 Å². The van der Waals surface area contributed by atoms with Gasteiger partial charge in [0, 0.05) is 17.4 Å². The lowest BCUT2D eigenvalue weighted by Crippen LogP contribution is -2.13. The van der Waals surface area contributed by atoms with Gasteiger partial charge in [-0.1, -0.05) is 6.07 Å². The van der Waals surface area contributed by atoms with Crippen LogP contribution in [0.5, 0.6) is 0 Å². The Kier molecular flexibility index (Phi) is 3.05. The molecule has 4 nitrogen and oxygen atoms in total. The minimum Gasteiger partial charge on any atom is -0.399 e. The fourth-order valence-corrected chi connectivity index (χ4v) is 1.47. The number of aryl methyl sites for hydroxylation is 1. The van der Waals surface area contributed by atoms with E-state index < -0.39 is 0 Å². The van der Waals surface area contributed by atoms with E-state index >= 15 is 0 Å². The highest BCUT2D eigenvalue weighted by Gasteiger charge is 2.06. The summed E-state index contributed by atoms with van der Waals surface area (Å²) in [5.41, 5.74) is 7.75. The Morgan fingerprint density at radius 1 is 1.29 bits per heavy atom. The van der Waals surface area contributed by atoms with Crippen molar-refractivity contribution in [2.45, 2.75) is 6.92 Å². The van der Waals surface area contributed by atoms with Crippen molar-refractivity contribution in [2.24, 2.45) is 0 Å². The lowest BCUT2D eigenvalue weighted by atomic mass is 10.2. The van der Waals surface area contributed by atoms with E-state index in [1.165, 1.54) is 0 Å². The molecule has 0 spiro atoms. The monoisotopic (exact) mass is 227 g/mol. The third kappa shape index (κ3) is 2.81. The Labute approximate surface area is 99.5 Å². The van der Waals surface area contributed by atoms with Crippen molar-refractivity contribution in [3.8, 4) is 0 Å². The van der Waals surface area contributed by atoms with Gasteiger partial charge in [-0.15, -0.1) is 0 Å². The Balaban J connectivity index is 2.17. The fraction of sp³-hybridized carbons (Fsp3) is 0.0769. The topological polar surface area (TPSA) is 68.0 Å². The van der Waals surface area contributed by atoms with Crippen LogP contribution in [0.15, 0.2) is 42.6 Å². The zero-order valence-corrected chi connectivity index (χ0v) is 9.47. The highest BCUT2D eigenvalue weighted by molar-refractivity contribution is 6.04. The summed E-state index contributed by atoms with van der Waals surface area (Å²) in [5.74, 6) is 0.327. The molecule has 86 valence electrons. The van der Waals surface area contributed by atoms with E-state index in [1.807, 2.05) is 19.1 Å². The van der Waals surface area contributed by atoms with Crippen LogP contribution >= 0.6 is 0 Å².